The predicted molar refractivity (Wildman–Crippen MR) is 274 cm³/mol. The maximum atomic E-state index is 14.5. The van der Waals surface area contributed by atoms with Crippen LogP contribution in [-0.4, -0.2) is 136 Å². The van der Waals surface area contributed by atoms with Crippen LogP contribution in [0.3, 0.4) is 0 Å². The number of benzene rings is 1. The molecule has 1 aliphatic heterocycles. The Hall–Kier alpha value is -7.59. The van der Waals surface area contributed by atoms with Crippen LogP contribution in [0.25, 0.3) is 0 Å². The van der Waals surface area contributed by atoms with E-state index in [9.17, 15) is 58.2 Å². The SMILES string of the molecule is C=C1C(=O)NC(C)C(=O)NC(CC(C)C)C(=O)NC(C(=O)O)C(C)C(=O)NC(CCCCN=C(N)N)C(=O)NC(C=CC(C)=CC(C)C(Cc2ccccc2)OC(C)=O)C(C)C(=O)NC(C(=O)O)CCC(=O)N1C. The highest BCUT2D eigenvalue weighted by atomic mass is 16.5. The van der Waals surface area contributed by atoms with Gasteiger partial charge in [0.15, 0.2) is 5.96 Å². The van der Waals surface area contributed by atoms with E-state index in [4.69, 9.17) is 16.2 Å². The number of carboxylic acids is 2. The van der Waals surface area contributed by atoms with Gasteiger partial charge in [-0.05, 0) is 57.4 Å². The zero-order valence-electron chi connectivity index (χ0n) is 43.8. The highest BCUT2D eigenvalue weighted by molar-refractivity contribution is 6.00. The van der Waals surface area contributed by atoms with E-state index in [2.05, 4.69) is 43.5 Å². The fraction of sp³-hybridized carbons (Fsp3) is 0.549. The normalized spacial score (nSPS) is 24.7. The number of unbranched alkanes of at least 4 members (excludes halogenated alkanes) is 1. The molecule has 408 valence electrons. The Balaban J connectivity index is 2.76. The van der Waals surface area contributed by atoms with Gasteiger partial charge < -0.3 is 63.2 Å². The summed E-state index contributed by atoms with van der Waals surface area (Å²) in [4.78, 5) is 138. The monoisotopic (exact) mass is 1040 g/mol. The molecule has 23 heteroatoms. The summed E-state index contributed by atoms with van der Waals surface area (Å²) in [6, 6.07) is 0.529. The first-order chi connectivity index (χ1) is 34.6. The van der Waals surface area contributed by atoms with Crippen LogP contribution in [0.4, 0.5) is 0 Å². The third kappa shape index (κ3) is 21.2. The second-order valence-electron chi connectivity index (χ2n) is 19.0. The van der Waals surface area contributed by atoms with Crippen LogP contribution in [-0.2, 0) is 59.1 Å². The first kappa shape index (κ1) is 62.5. The number of esters is 1. The number of aliphatic imine (C=N–C) groups is 1. The minimum Gasteiger partial charge on any atom is -0.480 e. The minimum atomic E-state index is -1.89. The Morgan fingerprint density at radius 3 is 2.00 bits per heavy atom. The minimum absolute atomic E-state index is 0.00265. The molecule has 0 saturated carbocycles. The lowest BCUT2D eigenvalue weighted by Crippen LogP contribution is -2.59. The van der Waals surface area contributed by atoms with Crippen molar-refractivity contribution in [1.29, 1.82) is 0 Å². The summed E-state index contributed by atoms with van der Waals surface area (Å²) >= 11 is 0. The summed E-state index contributed by atoms with van der Waals surface area (Å²) in [6.07, 6.45) is 4.29. The van der Waals surface area contributed by atoms with Gasteiger partial charge in [-0.1, -0.05) is 95.3 Å². The number of carbonyl (C=O) groups is 10. The Bertz CT molecular complexity index is 2280. The van der Waals surface area contributed by atoms with Crippen LogP contribution >= 0.6 is 0 Å². The molecule has 12 N–H and O–H groups in total. The highest BCUT2D eigenvalue weighted by Gasteiger charge is 2.37. The third-order valence-electron chi connectivity index (χ3n) is 12.2. The average Bonchev–Trinajstić information content (AvgIpc) is 3.32. The molecule has 1 aliphatic rings. The molecule has 0 spiro atoms. The van der Waals surface area contributed by atoms with Crippen molar-refractivity contribution in [3.8, 4) is 0 Å². The Morgan fingerprint density at radius 1 is 0.811 bits per heavy atom. The predicted octanol–water partition coefficient (Wildman–Crippen LogP) is 0.925. The number of carbonyl (C=O) groups excluding carboxylic acids is 8. The molecule has 1 heterocycles. The number of ether oxygens (including phenoxy) is 1. The second kappa shape index (κ2) is 30.4. The number of nitrogens with zero attached hydrogens (tertiary/aromatic N) is 2. The van der Waals surface area contributed by atoms with Gasteiger partial charge in [0.05, 0.1) is 17.9 Å². The number of nitrogens with one attached hydrogen (secondary N) is 6. The number of hydrogen-bond acceptors (Lipinski definition) is 12. The molecule has 1 aromatic rings. The summed E-state index contributed by atoms with van der Waals surface area (Å²) in [5.74, 6) is -13.4. The molecule has 1 fully saturated rings. The van der Waals surface area contributed by atoms with Gasteiger partial charge in [0.25, 0.3) is 5.91 Å². The van der Waals surface area contributed by atoms with Crippen molar-refractivity contribution >= 4 is 65.2 Å². The van der Waals surface area contributed by atoms with Gasteiger partial charge in [-0.2, -0.15) is 0 Å². The number of rotatable bonds is 16. The molecule has 10 unspecified atom stereocenters. The maximum absolute atomic E-state index is 14.5. The number of nitrogens with two attached hydrogens (primary N) is 2. The van der Waals surface area contributed by atoms with E-state index in [1.807, 2.05) is 43.3 Å². The molecule has 1 saturated heterocycles. The van der Waals surface area contributed by atoms with Gasteiger partial charge >= 0.3 is 17.9 Å². The first-order valence-corrected chi connectivity index (χ1v) is 24.5. The van der Waals surface area contributed by atoms with Gasteiger partial charge in [0, 0.05) is 39.3 Å². The quantitative estimate of drug-likeness (QED) is 0.0275. The molecular formula is C51H76N10O13. The fourth-order valence-electron chi connectivity index (χ4n) is 7.69. The highest BCUT2D eigenvalue weighted by Crippen LogP contribution is 2.20. The van der Waals surface area contributed by atoms with Crippen molar-refractivity contribution in [1.82, 2.24) is 36.8 Å². The number of allylic oxidation sites excluding steroid dienone is 2. The number of aliphatic carboxylic acids is 2. The van der Waals surface area contributed by atoms with Crippen LogP contribution in [0.15, 0.2) is 71.4 Å². The summed E-state index contributed by atoms with van der Waals surface area (Å²) in [5, 5.41) is 35.6. The molecular weight excluding hydrogens is 961 g/mol. The molecule has 1 aromatic carbocycles. The lowest BCUT2D eigenvalue weighted by molar-refractivity contribution is -0.148. The molecule has 0 bridgehead atoms. The second-order valence-corrected chi connectivity index (χ2v) is 19.0. The average molecular weight is 1040 g/mol. The standard InChI is InChI=1S/C51H76N10O13/c1-27(2)24-39-48(69)60-42(50(72)73)31(6)44(65)57-37(18-14-15-23-54-51(52)53)47(68)56-36(20-19-28(3)25-29(4)40(74-34(9)62)26-35-16-12-11-13-17-35)30(5)43(64)58-38(49(70)71)21-22-41(63)61(10)33(8)46(67)55-32(7)45(66)59-39/h11-13,16-17,19-20,25,27,29-32,36-40,42H,8,14-15,18,21-24,26H2,1-7,9-10H3,(H,55,67)(H,56,68)(H,57,65)(H,58,64)(H,59,66)(H,60,69)(H,70,71)(H,72,73)(H4,52,53,54). The Labute approximate surface area is 432 Å². The largest absolute Gasteiger partial charge is 0.480 e. The van der Waals surface area contributed by atoms with Gasteiger partial charge in [0.1, 0.15) is 42.0 Å². The van der Waals surface area contributed by atoms with Crippen LogP contribution in [0, 0.1) is 23.7 Å². The summed E-state index contributed by atoms with van der Waals surface area (Å²) in [5.41, 5.74) is 12.1. The van der Waals surface area contributed by atoms with Crippen molar-refractivity contribution in [2.24, 2.45) is 40.1 Å². The van der Waals surface area contributed by atoms with Gasteiger partial charge in [0.2, 0.25) is 35.4 Å². The van der Waals surface area contributed by atoms with E-state index in [0.29, 0.717) is 18.4 Å². The smallest absolute Gasteiger partial charge is 0.327 e. The number of carboxylic acid groups (broad SMARTS) is 2. The number of hydrogen-bond donors (Lipinski definition) is 10. The van der Waals surface area contributed by atoms with E-state index in [1.165, 1.54) is 40.8 Å². The molecule has 23 nitrogen and oxygen atoms in total. The molecule has 10 atom stereocenters. The number of likely N-dealkylation sites (N-methyl/N-ethyl adjacent to an activating group) is 1. The van der Waals surface area contributed by atoms with Crippen molar-refractivity contribution in [3.05, 3.63) is 72.0 Å². The lowest BCUT2D eigenvalue weighted by atomic mass is 9.94. The van der Waals surface area contributed by atoms with Crippen molar-refractivity contribution in [3.63, 3.8) is 0 Å². The van der Waals surface area contributed by atoms with Crippen LogP contribution in [0.2, 0.25) is 0 Å². The van der Waals surface area contributed by atoms with Crippen molar-refractivity contribution < 1.29 is 62.9 Å². The van der Waals surface area contributed by atoms with Gasteiger partial charge in [-0.3, -0.25) is 43.3 Å². The number of amides is 7. The topological polar surface area (TPSA) is 360 Å². The van der Waals surface area contributed by atoms with E-state index >= 15 is 0 Å². The van der Waals surface area contributed by atoms with E-state index in [1.54, 1.807) is 26.8 Å². The van der Waals surface area contributed by atoms with Gasteiger partial charge in [-0.15, -0.1) is 0 Å². The van der Waals surface area contributed by atoms with Crippen LogP contribution < -0.4 is 43.4 Å². The lowest BCUT2D eigenvalue weighted by Gasteiger charge is -2.28. The summed E-state index contributed by atoms with van der Waals surface area (Å²) in [7, 11) is 1.20. The van der Waals surface area contributed by atoms with E-state index in [0.717, 1.165) is 10.5 Å². The maximum Gasteiger partial charge on any atom is 0.327 e. The Morgan fingerprint density at radius 2 is 1.42 bits per heavy atom. The fourth-order valence-corrected chi connectivity index (χ4v) is 7.69. The van der Waals surface area contributed by atoms with Crippen LogP contribution in [0.5, 0.6) is 0 Å². The van der Waals surface area contributed by atoms with Crippen molar-refractivity contribution in [2.75, 3.05) is 13.6 Å². The zero-order chi connectivity index (χ0) is 56.0. The first-order valence-electron chi connectivity index (χ1n) is 24.5. The van der Waals surface area contributed by atoms with Gasteiger partial charge in [-0.25, -0.2) is 9.59 Å². The number of guanidine groups is 1. The molecule has 7 amide bonds. The zero-order valence-corrected chi connectivity index (χ0v) is 43.8. The van der Waals surface area contributed by atoms with Crippen molar-refractivity contribution in [2.45, 2.75) is 143 Å². The van der Waals surface area contributed by atoms with E-state index in [-0.39, 0.29) is 43.6 Å². The van der Waals surface area contributed by atoms with Crippen LogP contribution in [0.1, 0.15) is 99.5 Å². The third-order valence-corrected chi connectivity index (χ3v) is 12.2. The Kier molecular flexibility index (Phi) is 25.7. The summed E-state index contributed by atoms with van der Waals surface area (Å²) in [6.45, 7) is 16.1. The molecule has 2 rings (SSSR count). The molecule has 0 aromatic heterocycles. The summed E-state index contributed by atoms with van der Waals surface area (Å²) < 4.78 is 5.68. The van der Waals surface area contributed by atoms with E-state index < -0.39 is 132 Å². The molecule has 0 aliphatic carbocycles. The molecule has 74 heavy (non-hydrogen) atoms. The molecule has 0 radical (unpaired) electrons.